The Labute approximate surface area is 204 Å². The molecule has 1 saturated carbocycles. The van der Waals surface area contributed by atoms with Crippen molar-refractivity contribution >= 4 is 38.2 Å². The topological polar surface area (TPSA) is 147 Å². The second-order valence-electron chi connectivity index (χ2n) is 9.27. The molecule has 1 aromatic carbocycles. The number of H-pyrrole nitrogens is 1. The lowest BCUT2D eigenvalue weighted by atomic mass is 9.91. The van der Waals surface area contributed by atoms with E-state index in [9.17, 15) is 18.0 Å². The molecule has 0 atom stereocenters. The number of nitrogens with zero attached hydrogens (tertiary/aromatic N) is 1. The molecule has 2 aromatic heterocycles. The Hall–Kier alpha value is -3.40. The highest BCUT2D eigenvalue weighted by Crippen LogP contribution is 2.26. The van der Waals surface area contributed by atoms with Crippen LogP contribution in [-0.4, -0.2) is 30.0 Å². The van der Waals surface area contributed by atoms with E-state index >= 15 is 0 Å². The van der Waals surface area contributed by atoms with Crippen molar-refractivity contribution in [3.8, 4) is 0 Å². The summed E-state index contributed by atoms with van der Waals surface area (Å²) in [4.78, 5) is 32.0. The van der Waals surface area contributed by atoms with Crippen LogP contribution in [0.4, 0.5) is 11.5 Å². The molecular formula is C25H31N5O4S. The van der Waals surface area contributed by atoms with Crippen LogP contribution < -0.4 is 21.3 Å². The highest BCUT2D eigenvalue weighted by molar-refractivity contribution is 7.92. The molecule has 0 unspecified atom stereocenters. The van der Waals surface area contributed by atoms with E-state index in [-0.39, 0.29) is 36.2 Å². The minimum Gasteiger partial charge on any atom is -0.383 e. The number of nitrogen functional groups attached to an aromatic ring is 1. The first-order valence-electron chi connectivity index (χ1n) is 11.8. The number of nitrogens with one attached hydrogen (secondary N) is 3. The number of nitrogens with two attached hydrogens (primary N) is 1. The van der Waals surface area contributed by atoms with Crippen molar-refractivity contribution in [2.75, 3.05) is 16.2 Å². The number of rotatable bonds is 8. The highest BCUT2D eigenvalue weighted by atomic mass is 32.2. The van der Waals surface area contributed by atoms with Crippen LogP contribution in [0.15, 0.2) is 41.3 Å². The zero-order valence-electron chi connectivity index (χ0n) is 19.8. The number of fused-ring (bicyclic) bond motifs is 1. The molecule has 10 heteroatoms. The van der Waals surface area contributed by atoms with Gasteiger partial charge in [-0.15, -0.1) is 0 Å². The average Bonchev–Trinajstić information content (AvgIpc) is 2.80. The van der Waals surface area contributed by atoms with Gasteiger partial charge in [0.25, 0.3) is 5.56 Å². The standard InChI is InChI=1S/C25H31N5O4S/c1-16-11-20(23(25(32)29-16)30-35(33,34)15-17-5-3-2-4-6-17)13-22(31)28-14-18-7-8-21-19(12-18)9-10-27-24(21)26/h7-12,17,30H,2-6,13-15H2,1H3,(H2,26,27)(H,28,31)(H,29,32). The highest BCUT2D eigenvalue weighted by Gasteiger charge is 2.24. The summed E-state index contributed by atoms with van der Waals surface area (Å²) in [5.41, 5.74) is 7.02. The quantitative estimate of drug-likeness (QED) is 0.376. The lowest BCUT2D eigenvalue weighted by Crippen LogP contribution is -2.30. The fourth-order valence-electron chi connectivity index (χ4n) is 4.67. The Balaban J connectivity index is 1.45. The van der Waals surface area contributed by atoms with Gasteiger partial charge in [-0.25, -0.2) is 13.4 Å². The first-order valence-corrected chi connectivity index (χ1v) is 13.5. The summed E-state index contributed by atoms with van der Waals surface area (Å²) >= 11 is 0. The van der Waals surface area contributed by atoms with Crippen LogP contribution in [0, 0.1) is 12.8 Å². The van der Waals surface area contributed by atoms with Gasteiger partial charge in [-0.3, -0.25) is 14.3 Å². The van der Waals surface area contributed by atoms with Gasteiger partial charge in [-0.2, -0.15) is 0 Å². The third-order valence-corrected chi connectivity index (χ3v) is 7.81. The van der Waals surface area contributed by atoms with Crippen LogP contribution in [0.1, 0.15) is 48.9 Å². The number of aromatic amines is 1. The number of anilines is 2. The van der Waals surface area contributed by atoms with E-state index in [0.29, 0.717) is 17.1 Å². The average molecular weight is 498 g/mol. The van der Waals surface area contributed by atoms with Gasteiger partial charge in [0.2, 0.25) is 15.9 Å². The number of carbonyl (C=O) groups is 1. The molecule has 35 heavy (non-hydrogen) atoms. The predicted octanol–water partition coefficient (Wildman–Crippen LogP) is 2.99. The fraction of sp³-hybridized carbons (Fsp3) is 0.400. The maximum Gasteiger partial charge on any atom is 0.272 e. The van der Waals surface area contributed by atoms with Gasteiger partial charge in [-0.05, 0) is 60.4 Å². The molecule has 0 bridgehead atoms. The Morgan fingerprint density at radius 1 is 1.17 bits per heavy atom. The maximum absolute atomic E-state index is 12.8. The Bertz CT molecular complexity index is 1390. The van der Waals surface area contributed by atoms with E-state index in [4.69, 9.17) is 5.73 Å². The number of aryl methyl sites for hydroxylation is 1. The number of amides is 1. The summed E-state index contributed by atoms with van der Waals surface area (Å²) < 4.78 is 28.1. The van der Waals surface area contributed by atoms with Gasteiger partial charge in [0.1, 0.15) is 11.5 Å². The second-order valence-corrected chi connectivity index (χ2v) is 11.0. The van der Waals surface area contributed by atoms with Crippen molar-refractivity contribution in [3.05, 3.63) is 63.7 Å². The van der Waals surface area contributed by atoms with E-state index in [1.165, 1.54) is 0 Å². The van der Waals surface area contributed by atoms with E-state index < -0.39 is 15.6 Å². The molecule has 3 aromatic rings. The third kappa shape index (κ3) is 6.39. The molecule has 4 rings (SSSR count). The minimum atomic E-state index is -3.72. The molecule has 9 nitrogen and oxygen atoms in total. The lowest BCUT2D eigenvalue weighted by Gasteiger charge is -2.22. The van der Waals surface area contributed by atoms with Crippen LogP contribution in [0.3, 0.4) is 0 Å². The first-order chi connectivity index (χ1) is 16.7. The summed E-state index contributed by atoms with van der Waals surface area (Å²) in [5, 5.41) is 4.61. The molecule has 5 N–H and O–H groups in total. The van der Waals surface area contributed by atoms with E-state index in [1.54, 1.807) is 19.2 Å². The maximum atomic E-state index is 12.8. The summed E-state index contributed by atoms with van der Waals surface area (Å²) in [6.45, 7) is 1.97. The Morgan fingerprint density at radius 2 is 1.94 bits per heavy atom. The molecule has 0 aliphatic heterocycles. The second kappa shape index (κ2) is 10.5. The van der Waals surface area contributed by atoms with E-state index in [2.05, 4.69) is 20.0 Å². The molecule has 1 amide bonds. The van der Waals surface area contributed by atoms with Crippen molar-refractivity contribution in [2.45, 2.75) is 52.0 Å². The van der Waals surface area contributed by atoms with Crippen LogP contribution in [0.5, 0.6) is 0 Å². The number of pyridine rings is 2. The summed E-state index contributed by atoms with van der Waals surface area (Å²) in [5.74, 6) is 0.192. The normalized spacial score (nSPS) is 14.7. The van der Waals surface area contributed by atoms with Gasteiger partial charge in [0.05, 0.1) is 12.2 Å². The summed E-state index contributed by atoms with van der Waals surface area (Å²) in [7, 11) is -3.72. The molecule has 0 spiro atoms. The van der Waals surface area contributed by atoms with Gasteiger partial charge in [0, 0.05) is 23.8 Å². The van der Waals surface area contributed by atoms with Gasteiger partial charge in [0.15, 0.2) is 0 Å². The van der Waals surface area contributed by atoms with Crippen molar-refractivity contribution < 1.29 is 13.2 Å². The first kappa shape index (κ1) is 24.7. The number of carbonyl (C=O) groups excluding carboxylic acids is 1. The van der Waals surface area contributed by atoms with Gasteiger partial charge >= 0.3 is 0 Å². The van der Waals surface area contributed by atoms with Gasteiger partial charge < -0.3 is 16.0 Å². The molecule has 0 radical (unpaired) electrons. The Kier molecular flexibility index (Phi) is 7.39. The molecule has 1 fully saturated rings. The molecule has 2 heterocycles. The number of hydrogen-bond donors (Lipinski definition) is 4. The van der Waals surface area contributed by atoms with Crippen LogP contribution in [0.25, 0.3) is 10.8 Å². The van der Waals surface area contributed by atoms with E-state index in [1.807, 2.05) is 24.3 Å². The smallest absolute Gasteiger partial charge is 0.272 e. The zero-order chi connectivity index (χ0) is 25.0. The van der Waals surface area contributed by atoms with Crippen LogP contribution >= 0.6 is 0 Å². The Morgan fingerprint density at radius 3 is 2.71 bits per heavy atom. The minimum absolute atomic E-state index is 0.0199. The molecule has 186 valence electrons. The molecule has 1 aliphatic rings. The van der Waals surface area contributed by atoms with E-state index in [0.717, 1.165) is 48.4 Å². The van der Waals surface area contributed by atoms with Gasteiger partial charge in [-0.1, -0.05) is 31.4 Å². The van der Waals surface area contributed by atoms with Crippen LogP contribution in [0.2, 0.25) is 0 Å². The number of aromatic nitrogens is 2. The monoisotopic (exact) mass is 497 g/mol. The molecular weight excluding hydrogens is 466 g/mol. The lowest BCUT2D eigenvalue weighted by molar-refractivity contribution is -0.120. The summed E-state index contributed by atoms with van der Waals surface area (Å²) in [6, 6.07) is 9.13. The summed E-state index contributed by atoms with van der Waals surface area (Å²) in [6.07, 6.45) is 6.43. The number of sulfonamides is 1. The van der Waals surface area contributed by atoms with Crippen molar-refractivity contribution in [2.24, 2.45) is 5.92 Å². The molecule has 0 saturated heterocycles. The van der Waals surface area contributed by atoms with Crippen molar-refractivity contribution in [1.29, 1.82) is 0 Å². The number of hydrogen-bond acceptors (Lipinski definition) is 6. The number of benzene rings is 1. The van der Waals surface area contributed by atoms with Crippen molar-refractivity contribution in [3.63, 3.8) is 0 Å². The fourth-order valence-corrected chi connectivity index (χ4v) is 6.24. The van der Waals surface area contributed by atoms with Crippen LogP contribution in [-0.2, 0) is 27.8 Å². The predicted molar refractivity (Wildman–Crippen MR) is 137 cm³/mol. The third-order valence-electron chi connectivity index (χ3n) is 6.39. The largest absolute Gasteiger partial charge is 0.383 e. The molecule has 1 aliphatic carbocycles. The van der Waals surface area contributed by atoms with Crippen molar-refractivity contribution in [1.82, 2.24) is 15.3 Å². The SMILES string of the molecule is Cc1cc(CC(=O)NCc2ccc3c(N)nccc3c2)c(NS(=O)(=O)CC2CCCCC2)c(=O)[nH]1. The zero-order valence-corrected chi connectivity index (χ0v) is 20.6.